The van der Waals surface area contributed by atoms with Crippen LogP contribution in [0.3, 0.4) is 0 Å². The van der Waals surface area contributed by atoms with E-state index in [4.69, 9.17) is 10.0 Å². The molecule has 3 heteroatoms. The van der Waals surface area contributed by atoms with Gasteiger partial charge in [-0.3, -0.25) is 0 Å². The van der Waals surface area contributed by atoms with Gasteiger partial charge in [-0.15, -0.1) is 0 Å². The van der Waals surface area contributed by atoms with E-state index in [9.17, 15) is 0 Å². The molecule has 0 aromatic heterocycles. The van der Waals surface area contributed by atoms with Gasteiger partial charge in [0.2, 0.25) is 0 Å². The Kier molecular flexibility index (Phi) is 4.09. The summed E-state index contributed by atoms with van der Waals surface area (Å²) in [6.07, 6.45) is 6.83. The van der Waals surface area contributed by atoms with Gasteiger partial charge in [-0.05, 0) is 24.6 Å². The van der Waals surface area contributed by atoms with Crippen LogP contribution in [0.5, 0.6) is 0 Å². The van der Waals surface area contributed by atoms with E-state index in [0.717, 1.165) is 5.92 Å². The quantitative estimate of drug-likeness (QED) is 0.632. The van der Waals surface area contributed by atoms with E-state index in [0.29, 0.717) is 12.2 Å². The van der Waals surface area contributed by atoms with Gasteiger partial charge in [0.15, 0.2) is 0 Å². The zero-order valence-electron chi connectivity index (χ0n) is 7.87. The van der Waals surface area contributed by atoms with Crippen LogP contribution in [0.2, 0.25) is 6.32 Å². The van der Waals surface area contributed by atoms with Crippen LogP contribution >= 0.6 is 0 Å². The number of hydrogen-bond donors (Lipinski definition) is 2. The molecule has 2 atom stereocenters. The zero-order valence-corrected chi connectivity index (χ0v) is 7.87. The van der Waals surface area contributed by atoms with Crippen molar-refractivity contribution >= 4 is 7.12 Å². The SMILES string of the molecule is CCC1CCCC(CB(O)O)C1. The first-order valence-corrected chi connectivity index (χ1v) is 5.08. The van der Waals surface area contributed by atoms with Crippen LogP contribution in [0, 0.1) is 11.8 Å². The van der Waals surface area contributed by atoms with Gasteiger partial charge in [0.25, 0.3) is 0 Å². The lowest BCUT2D eigenvalue weighted by atomic mass is 9.69. The minimum absolute atomic E-state index is 0.559. The summed E-state index contributed by atoms with van der Waals surface area (Å²) in [7, 11) is -1.09. The molecule has 0 saturated heterocycles. The summed E-state index contributed by atoms with van der Waals surface area (Å²) in [4.78, 5) is 0. The number of hydrogen-bond acceptors (Lipinski definition) is 2. The largest absolute Gasteiger partial charge is 0.451 e. The van der Waals surface area contributed by atoms with Crippen LogP contribution in [0.1, 0.15) is 39.0 Å². The van der Waals surface area contributed by atoms with Crippen molar-refractivity contribution in [3.63, 3.8) is 0 Å². The molecule has 0 aliphatic heterocycles. The van der Waals surface area contributed by atoms with E-state index in [1.54, 1.807) is 0 Å². The zero-order chi connectivity index (χ0) is 8.97. The highest BCUT2D eigenvalue weighted by molar-refractivity contribution is 6.41. The van der Waals surface area contributed by atoms with Gasteiger partial charge in [-0.25, -0.2) is 0 Å². The van der Waals surface area contributed by atoms with Crippen LogP contribution in [-0.2, 0) is 0 Å². The van der Waals surface area contributed by atoms with Crippen molar-refractivity contribution in [2.24, 2.45) is 11.8 Å². The molecule has 0 radical (unpaired) electrons. The molecule has 0 amide bonds. The normalized spacial score (nSPS) is 30.2. The average Bonchev–Trinajstić information content (AvgIpc) is 2.03. The van der Waals surface area contributed by atoms with Gasteiger partial charge in [0, 0.05) is 0 Å². The van der Waals surface area contributed by atoms with Gasteiger partial charge < -0.3 is 10.0 Å². The molecule has 2 nitrogen and oxygen atoms in total. The Morgan fingerprint density at radius 2 is 1.92 bits per heavy atom. The van der Waals surface area contributed by atoms with Crippen LogP contribution in [0.15, 0.2) is 0 Å². The highest BCUT2D eigenvalue weighted by Crippen LogP contribution is 2.33. The minimum Gasteiger partial charge on any atom is -0.427 e. The van der Waals surface area contributed by atoms with Crippen molar-refractivity contribution < 1.29 is 10.0 Å². The highest BCUT2D eigenvalue weighted by Gasteiger charge is 2.24. The van der Waals surface area contributed by atoms with Crippen molar-refractivity contribution in [2.45, 2.75) is 45.3 Å². The molecule has 0 heterocycles. The molecule has 0 aromatic rings. The molecule has 1 saturated carbocycles. The van der Waals surface area contributed by atoms with E-state index in [1.807, 2.05) is 0 Å². The fourth-order valence-electron chi connectivity index (χ4n) is 2.29. The molecule has 0 aromatic carbocycles. The summed E-state index contributed by atoms with van der Waals surface area (Å²) in [5.41, 5.74) is 0. The third-order valence-electron chi connectivity index (χ3n) is 3.01. The van der Waals surface area contributed by atoms with Gasteiger partial charge >= 0.3 is 7.12 Å². The molecule has 0 bridgehead atoms. The molecule has 1 fully saturated rings. The van der Waals surface area contributed by atoms with E-state index in [-0.39, 0.29) is 0 Å². The van der Waals surface area contributed by atoms with Gasteiger partial charge in [0.1, 0.15) is 0 Å². The molecule has 1 aliphatic carbocycles. The predicted octanol–water partition coefficient (Wildman–Crippen LogP) is 1.68. The molecule has 2 N–H and O–H groups in total. The standard InChI is InChI=1S/C9H19BO2/c1-2-8-4-3-5-9(6-8)7-10(11)12/h8-9,11-12H,2-7H2,1H3. The Morgan fingerprint density at radius 3 is 2.50 bits per heavy atom. The molecule has 70 valence electrons. The third-order valence-corrected chi connectivity index (χ3v) is 3.01. The van der Waals surface area contributed by atoms with E-state index in [1.165, 1.54) is 32.1 Å². The minimum atomic E-state index is -1.09. The second kappa shape index (κ2) is 4.88. The second-order valence-electron chi connectivity index (χ2n) is 4.02. The monoisotopic (exact) mass is 170 g/mol. The molecular formula is C9H19BO2. The van der Waals surface area contributed by atoms with Crippen LogP contribution in [-0.4, -0.2) is 17.2 Å². The Balaban J connectivity index is 2.25. The Hall–Kier alpha value is -0.0151. The van der Waals surface area contributed by atoms with Crippen molar-refractivity contribution in [2.75, 3.05) is 0 Å². The molecule has 0 spiro atoms. The first-order valence-electron chi connectivity index (χ1n) is 5.08. The Morgan fingerprint density at radius 1 is 1.25 bits per heavy atom. The average molecular weight is 170 g/mol. The lowest BCUT2D eigenvalue weighted by Crippen LogP contribution is -2.21. The van der Waals surface area contributed by atoms with E-state index >= 15 is 0 Å². The van der Waals surface area contributed by atoms with E-state index < -0.39 is 7.12 Å². The second-order valence-corrected chi connectivity index (χ2v) is 4.02. The molecule has 1 aliphatic rings. The smallest absolute Gasteiger partial charge is 0.427 e. The van der Waals surface area contributed by atoms with Gasteiger partial charge in [-0.2, -0.15) is 0 Å². The van der Waals surface area contributed by atoms with Crippen LogP contribution in [0.4, 0.5) is 0 Å². The van der Waals surface area contributed by atoms with E-state index in [2.05, 4.69) is 6.92 Å². The first kappa shape index (κ1) is 10.1. The van der Waals surface area contributed by atoms with Crippen molar-refractivity contribution in [3.8, 4) is 0 Å². The lowest BCUT2D eigenvalue weighted by molar-refractivity contribution is 0.262. The summed E-state index contributed by atoms with van der Waals surface area (Å²) in [6, 6.07) is 0. The molecular weight excluding hydrogens is 151 g/mol. The third kappa shape index (κ3) is 3.15. The highest BCUT2D eigenvalue weighted by atomic mass is 16.4. The maximum atomic E-state index is 8.82. The maximum absolute atomic E-state index is 8.82. The summed E-state index contributed by atoms with van der Waals surface area (Å²) in [5, 5.41) is 17.6. The summed E-state index contributed by atoms with van der Waals surface area (Å²) in [5.74, 6) is 1.39. The van der Waals surface area contributed by atoms with Gasteiger partial charge in [0.05, 0.1) is 0 Å². The summed E-state index contributed by atoms with van der Waals surface area (Å²) in [6.45, 7) is 2.22. The van der Waals surface area contributed by atoms with Gasteiger partial charge in [-0.1, -0.05) is 32.6 Å². The van der Waals surface area contributed by atoms with Crippen molar-refractivity contribution in [1.29, 1.82) is 0 Å². The van der Waals surface area contributed by atoms with Crippen molar-refractivity contribution in [3.05, 3.63) is 0 Å². The molecule has 2 unspecified atom stereocenters. The fraction of sp³-hybridized carbons (Fsp3) is 1.00. The first-order chi connectivity index (χ1) is 5.72. The fourth-order valence-corrected chi connectivity index (χ4v) is 2.29. The number of rotatable bonds is 3. The predicted molar refractivity (Wildman–Crippen MR) is 50.7 cm³/mol. The Bertz CT molecular complexity index is 128. The maximum Gasteiger partial charge on any atom is 0.451 e. The summed E-state index contributed by atoms with van der Waals surface area (Å²) >= 11 is 0. The summed E-state index contributed by atoms with van der Waals surface area (Å²) < 4.78 is 0. The molecule has 12 heavy (non-hydrogen) atoms. The molecule has 1 rings (SSSR count). The van der Waals surface area contributed by atoms with Crippen molar-refractivity contribution in [1.82, 2.24) is 0 Å². The lowest BCUT2D eigenvalue weighted by Gasteiger charge is -2.28. The Labute approximate surface area is 75.1 Å². The van der Waals surface area contributed by atoms with Crippen LogP contribution in [0.25, 0.3) is 0 Å². The van der Waals surface area contributed by atoms with Crippen LogP contribution < -0.4 is 0 Å². The topological polar surface area (TPSA) is 40.5 Å².